The van der Waals surface area contributed by atoms with Crippen molar-refractivity contribution < 1.29 is 9.21 Å². The van der Waals surface area contributed by atoms with Crippen molar-refractivity contribution in [3.63, 3.8) is 0 Å². The van der Waals surface area contributed by atoms with Crippen molar-refractivity contribution >= 4 is 17.2 Å². The Kier molecular flexibility index (Phi) is 5.13. The maximum atomic E-state index is 12.4. The highest BCUT2D eigenvalue weighted by molar-refractivity contribution is 7.09. The second-order valence-electron chi connectivity index (χ2n) is 6.24. The topological polar surface area (TPSA) is 49.6 Å². The Morgan fingerprint density at radius 3 is 2.74 bits per heavy atom. The van der Waals surface area contributed by atoms with E-state index in [-0.39, 0.29) is 5.91 Å². The van der Waals surface area contributed by atoms with Crippen molar-refractivity contribution in [2.45, 2.75) is 32.7 Å². The minimum atomic E-state index is 0.184. The SMILES string of the molecule is CC(C)c1nc(CC(=O)N2CCN(Cc3ccco3)CC2)cs1. The van der Waals surface area contributed by atoms with Gasteiger partial charge in [-0.3, -0.25) is 9.69 Å². The largest absolute Gasteiger partial charge is 0.468 e. The number of hydrogen-bond donors (Lipinski definition) is 0. The normalized spacial score (nSPS) is 16.2. The first-order valence-electron chi connectivity index (χ1n) is 8.08. The summed E-state index contributed by atoms with van der Waals surface area (Å²) in [5, 5.41) is 3.12. The van der Waals surface area contributed by atoms with Gasteiger partial charge in [0.15, 0.2) is 0 Å². The summed E-state index contributed by atoms with van der Waals surface area (Å²) in [4.78, 5) is 21.3. The minimum Gasteiger partial charge on any atom is -0.468 e. The standard InChI is InChI=1S/C17H23N3O2S/c1-13(2)17-18-14(12-23-17)10-16(21)20-7-5-19(6-8-20)11-15-4-3-9-22-15/h3-4,9,12-13H,5-8,10-11H2,1-2H3. The molecular formula is C17H23N3O2S. The van der Waals surface area contributed by atoms with Crippen LogP contribution < -0.4 is 0 Å². The molecule has 1 saturated heterocycles. The first-order valence-corrected chi connectivity index (χ1v) is 8.96. The zero-order valence-corrected chi connectivity index (χ0v) is 14.5. The number of amides is 1. The number of piperazine rings is 1. The molecule has 1 amide bonds. The number of nitrogens with zero attached hydrogens (tertiary/aromatic N) is 3. The van der Waals surface area contributed by atoms with E-state index in [2.05, 4.69) is 23.7 Å². The van der Waals surface area contributed by atoms with E-state index in [1.807, 2.05) is 22.4 Å². The summed E-state index contributed by atoms with van der Waals surface area (Å²) in [6, 6.07) is 3.90. The van der Waals surface area contributed by atoms with Crippen molar-refractivity contribution in [2.24, 2.45) is 0 Å². The van der Waals surface area contributed by atoms with E-state index < -0.39 is 0 Å². The first-order chi connectivity index (χ1) is 11.1. The summed E-state index contributed by atoms with van der Waals surface area (Å²) in [6.45, 7) is 8.41. The smallest absolute Gasteiger partial charge is 0.228 e. The fourth-order valence-corrected chi connectivity index (χ4v) is 3.55. The van der Waals surface area contributed by atoms with E-state index >= 15 is 0 Å². The molecule has 1 fully saturated rings. The maximum absolute atomic E-state index is 12.4. The Morgan fingerprint density at radius 2 is 2.13 bits per heavy atom. The molecule has 3 heterocycles. The highest BCUT2D eigenvalue weighted by Crippen LogP contribution is 2.20. The summed E-state index contributed by atoms with van der Waals surface area (Å²) < 4.78 is 5.38. The Hall–Kier alpha value is -1.66. The van der Waals surface area contributed by atoms with E-state index in [9.17, 15) is 4.79 Å². The van der Waals surface area contributed by atoms with Crippen molar-refractivity contribution in [3.05, 3.63) is 40.2 Å². The molecule has 0 bridgehead atoms. The number of aromatic nitrogens is 1. The maximum Gasteiger partial charge on any atom is 0.228 e. The lowest BCUT2D eigenvalue weighted by atomic mass is 10.2. The molecule has 0 atom stereocenters. The van der Waals surface area contributed by atoms with Crippen LogP contribution in [-0.2, 0) is 17.8 Å². The van der Waals surface area contributed by atoms with Gasteiger partial charge in [0, 0.05) is 37.5 Å². The van der Waals surface area contributed by atoms with Crippen molar-refractivity contribution in [3.8, 4) is 0 Å². The van der Waals surface area contributed by atoms with Crippen LogP contribution in [0.15, 0.2) is 28.2 Å². The van der Waals surface area contributed by atoms with Gasteiger partial charge in [-0.15, -0.1) is 11.3 Å². The van der Waals surface area contributed by atoms with E-state index in [0.717, 1.165) is 49.2 Å². The minimum absolute atomic E-state index is 0.184. The molecule has 23 heavy (non-hydrogen) atoms. The molecule has 0 aromatic carbocycles. The lowest BCUT2D eigenvalue weighted by molar-refractivity contribution is -0.132. The fraction of sp³-hybridized carbons (Fsp3) is 0.529. The Morgan fingerprint density at radius 1 is 1.35 bits per heavy atom. The number of hydrogen-bond acceptors (Lipinski definition) is 5. The van der Waals surface area contributed by atoms with Crippen LogP contribution in [-0.4, -0.2) is 46.9 Å². The number of furan rings is 1. The summed E-state index contributed by atoms with van der Waals surface area (Å²) in [6.07, 6.45) is 2.12. The van der Waals surface area contributed by atoms with E-state index in [1.54, 1.807) is 17.6 Å². The van der Waals surface area contributed by atoms with Gasteiger partial charge in [0.25, 0.3) is 0 Å². The molecule has 0 spiro atoms. The van der Waals surface area contributed by atoms with Crippen LogP contribution in [0.4, 0.5) is 0 Å². The fourth-order valence-electron chi connectivity index (χ4n) is 2.71. The molecular weight excluding hydrogens is 310 g/mol. The van der Waals surface area contributed by atoms with Gasteiger partial charge in [-0.05, 0) is 12.1 Å². The van der Waals surface area contributed by atoms with Crippen LogP contribution in [0.1, 0.15) is 36.2 Å². The number of carbonyl (C=O) groups is 1. The number of thiazole rings is 1. The average molecular weight is 333 g/mol. The molecule has 3 rings (SSSR count). The Labute approximate surface area is 140 Å². The van der Waals surface area contributed by atoms with Crippen LogP contribution in [0.25, 0.3) is 0 Å². The molecule has 2 aromatic rings. The third-order valence-electron chi connectivity index (χ3n) is 4.08. The van der Waals surface area contributed by atoms with E-state index in [1.165, 1.54) is 0 Å². The van der Waals surface area contributed by atoms with Gasteiger partial charge >= 0.3 is 0 Å². The third-order valence-corrected chi connectivity index (χ3v) is 5.27. The molecule has 6 heteroatoms. The van der Waals surface area contributed by atoms with Gasteiger partial charge in [-0.25, -0.2) is 4.98 Å². The van der Waals surface area contributed by atoms with Crippen molar-refractivity contribution in [1.29, 1.82) is 0 Å². The third kappa shape index (κ3) is 4.20. The quantitative estimate of drug-likeness (QED) is 0.844. The lowest BCUT2D eigenvalue weighted by Crippen LogP contribution is -2.48. The predicted molar refractivity (Wildman–Crippen MR) is 90.5 cm³/mol. The zero-order valence-electron chi connectivity index (χ0n) is 13.7. The first kappa shape index (κ1) is 16.2. The predicted octanol–water partition coefficient (Wildman–Crippen LogP) is 2.75. The molecule has 0 unspecified atom stereocenters. The van der Waals surface area contributed by atoms with Gasteiger partial charge in [0.1, 0.15) is 5.76 Å². The van der Waals surface area contributed by atoms with Gasteiger partial charge in [-0.2, -0.15) is 0 Å². The highest BCUT2D eigenvalue weighted by Gasteiger charge is 2.22. The summed E-state index contributed by atoms with van der Waals surface area (Å²) in [7, 11) is 0. The van der Waals surface area contributed by atoms with Crippen molar-refractivity contribution in [1.82, 2.24) is 14.8 Å². The van der Waals surface area contributed by atoms with Crippen LogP contribution in [0, 0.1) is 0 Å². The average Bonchev–Trinajstić information content (AvgIpc) is 3.19. The molecule has 124 valence electrons. The molecule has 5 nitrogen and oxygen atoms in total. The Bertz CT molecular complexity index is 628. The molecule has 0 N–H and O–H groups in total. The molecule has 2 aromatic heterocycles. The summed E-state index contributed by atoms with van der Waals surface area (Å²) in [5.41, 5.74) is 0.904. The second kappa shape index (κ2) is 7.27. The van der Waals surface area contributed by atoms with Gasteiger partial charge < -0.3 is 9.32 Å². The molecule has 0 saturated carbocycles. The Balaban J connectivity index is 1.47. The zero-order chi connectivity index (χ0) is 16.2. The van der Waals surface area contributed by atoms with Gasteiger partial charge in [0.2, 0.25) is 5.91 Å². The van der Waals surface area contributed by atoms with Gasteiger partial charge in [0.05, 0.1) is 29.9 Å². The monoisotopic (exact) mass is 333 g/mol. The van der Waals surface area contributed by atoms with Crippen LogP contribution in [0.5, 0.6) is 0 Å². The van der Waals surface area contributed by atoms with Crippen LogP contribution >= 0.6 is 11.3 Å². The second-order valence-corrected chi connectivity index (χ2v) is 7.13. The van der Waals surface area contributed by atoms with Crippen LogP contribution in [0.2, 0.25) is 0 Å². The van der Waals surface area contributed by atoms with Gasteiger partial charge in [-0.1, -0.05) is 13.8 Å². The van der Waals surface area contributed by atoms with Crippen molar-refractivity contribution in [2.75, 3.05) is 26.2 Å². The molecule has 1 aliphatic rings. The number of carbonyl (C=O) groups excluding carboxylic acids is 1. The molecule has 0 aliphatic carbocycles. The van der Waals surface area contributed by atoms with E-state index in [4.69, 9.17) is 4.42 Å². The summed E-state index contributed by atoms with van der Waals surface area (Å²) >= 11 is 1.65. The molecule has 1 aliphatic heterocycles. The number of rotatable bonds is 5. The van der Waals surface area contributed by atoms with E-state index in [0.29, 0.717) is 12.3 Å². The summed E-state index contributed by atoms with van der Waals surface area (Å²) in [5.74, 6) is 1.59. The molecule has 0 radical (unpaired) electrons. The lowest BCUT2D eigenvalue weighted by Gasteiger charge is -2.34. The highest BCUT2D eigenvalue weighted by atomic mass is 32.1. The van der Waals surface area contributed by atoms with Crippen LogP contribution in [0.3, 0.4) is 0 Å².